The van der Waals surface area contributed by atoms with E-state index in [-0.39, 0.29) is 22.0 Å². The summed E-state index contributed by atoms with van der Waals surface area (Å²) in [7, 11) is 0. The van der Waals surface area contributed by atoms with Crippen molar-refractivity contribution in [3.63, 3.8) is 0 Å². The molecule has 1 aliphatic heterocycles. The van der Waals surface area contributed by atoms with Gasteiger partial charge in [-0.05, 0) is 38.9 Å². The monoisotopic (exact) mass is 306 g/mol. The molecule has 0 radical (unpaired) electrons. The number of esters is 2. The Labute approximate surface area is 120 Å². The first-order chi connectivity index (χ1) is 8.82. The third-order valence-corrected chi connectivity index (χ3v) is 5.24. The van der Waals surface area contributed by atoms with E-state index in [1.165, 1.54) is 11.8 Å². The summed E-state index contributed by atoms with van der Waals surface area (Å²) in [4.78, 5) is 24.0. The van der Waals surface area contributed by atoms with Crippen molar-refractivity contribution in [2.75, 3.05) is 11.5 Å². The van der Waals surface area contributed by atoms with Gasteiger partial charge >= 0.3 is 11.9 Å². The minimum atomic E-state index is -1.32. The smallest absolute Gasteiger partial charge is 0.351 e. The van der Waals surface area contributed by atoms with Gasteiger partial charge < -0.3 is 14.0 Å². The molecule has 0 aliphatic carbocycles. The highest BCUT2D eigenvalue weighted by molar-refractivity contribution is 8.21. The van der Waals surface area contributed by atoms with E-state index in [1.54, 1.807) is 27.7 Å². The van der Waals surface area contributed by atoms with Crippen molar-refractivity contribution in [1.82, 2.24) is 0 Å². The van der Waals surface area contributed by atoms with Gasteiger partial charge in [-0.1, -0.05) is 11.8 Å². The van der Waals surface area contributed by atoms with Crippen LogP contribution in [0.1, 0.15) is 27.7 Å². The van der Waals surface area contributed by atoms with Crippen LogP contribution in [0.4, 0.5) is 0 Å². The first-order valence-corrected chi connectivity index (χ1v) is 8.30. The summed E-state index contributed by atoms with van der Waals surface area (Å²) in [6.07, 6.45) is -0.704. The van der Waals surface area contributed by atoms with Crippen LogP contribution in [0.2, 0.25) is 0 Å². The first-order valence-electron chi connectivity index (χ1n) is 6.00. The van der Waals surface area contributed by atoms with E-state index in [1.807, 2.05) is 0 Å². The Morgan fingerprint density at radius 1 is 1.16 bits per heavy atom. The highest BCUT2D eigenvalue weighted by Crippen LogP contribution is 2.34. The molecular formula is C12H18O5S2. The van der Waals surface area contributed by atoms with Crippen molar-refractivity contribution < 1.29 is 23.6 Å². The fraction of sp³-hybridized carbons (Fsp3) is 0.667. The lowest BCUT2D eigenvalue weighted by Crippen LogP contribution is -2.25. The average Bonchev–Trinajstić information content (AvgIpc) is 2.62. The van der Waals surface area contributed by atoms with Crippen LogP contribution in [-0.4, -0.2) is 40.2 Å². The van der Waals surface area contributed by atoms with E-state index >= 15 is 0 Å². The van der Waals surface area contributed by atoms with Gasteiger partial charge in [0.15, 0.2) is 0 Å². The molecule has 7 heteroatoms. The maximum atomic E-state index is 12.0. The predicted octanol–water partition coefficient (Wildman–Crippen LogP) is 1.60. The van der Waals surface area contributed by atoms with Crippen LogP contribution in [0.15, 0.2) is 9.81 Å². The molecule has 0 N–H and O–H groups in total. The Kier molecular flexibility index (Phi) is 6.22. The number of hydrogen-bond acceptors (Lipinski definition) is 6. The third-order valence-electron chi connectivity index (χ3n) is 2.01. The van der Waals surface area contributed by atoms with Crippen molar-refractivity contribution in [3.05, 3.63) is 9.81 Å². The number of thioether (sulfide) groups is 1. The molecule has 0 spiro atoms. The summed E-state index contributed by atoms with van der Waals surface area (Å²) >= 11 is -0.0734. The molecule has 0 amide bonds. The molecule has 0 aromatic carbocycles. The quantitative estimate of drug-likeness (QED) is 0.258. The van der Waals surface area contributed by atoms with Crippen LogP contribution in [0.3, 0.4) is 0 Å². The number of carbonyl (C=O) groups excluding carboxylic acids is 2. The number of carbonyl (C=O) groups is 2. The second kappa shape index (κ2) is 7.21. The molecule has 19 heavy (non-hydrogen) atoms. The summed E-state index contributed by atoms with van der Waals surface area (Å²) < 4.78 is 22.1. The fourth-order valence-corrected chi connectivity index (χ4v) is 4.39. The third kappa shape index (κ3) is 4.74. The Morgan fingerprint density at radius 2 is 1.63 bits per heavy atom. The number of hydrogen-bond donors (Lipinski definition) is 0. The molecule has 1 aliphatic rings. The molecule has 0 aromatic heterocycles. The lowest BCUT2D eigenvalue weighted by Gasteiger charge is -2.14. The van der Waals surface area contributed by atoms with Gasteiger partial charge in [0.2, 0.25) is 9.81 Å². The average molecular weight is 306 g/mol. The Hall–Kier alpha value is -0.660. The molecule has 0 bridgehead atoms. The highest BCUT2D eigenvalue weighted by atomic mass is 32.3. The van der Waals surface area contributed by atoms with Crippen LogP contribution in [-0.2, 0) is 30.2 Å². The van der Waals surface area contributed by atoms with Crippen LogP contribution < -0.4 is 0 Å². The molecule has 1 heterocycles. The summed E-state index contributed by atoms with van der Waals surface area (Å²) in [5.41, 5.74) is -0.219. The van der Waals surface area contributed by atoms with E-state index in [0.717, 1.165) is 0 Å². The molecule has 0 aromatic rings. The second-order valence-electron chi connectivity index (χ2n) is 4.47. The first kappa shape index (κ1) is 16.4. The van der Waals surface area contributed by atoms with E-state index in [4.69, 9.17) is 9.47 Å². The highest BCUT2D eigenvalue weighted by Gasteiger charge is 2.37. The van der Waals surface area contributed by atoms with Crippen molar-refractivity contribution in [2.45, 2.75) is 39.9 Å². The van der Waals surface area contributed by atoms with Gasteiger partial charge in [-0.15, -0.1) is 0 Å². The van der Waals surface area contributed by atoms with Crippen molar-refractivity contribution in [3.8, 4) is 0 Å². The van der Waals surface area contributed by atoms with Gasteiger partial charge in [-0.3, -0.25) is 0 Å². The van der Waals surface area contributed by atoms with Gasteiger partial charge in [0, 0.05) is 5.75 Å². The predicted molar refractivity (Wildman–Crippen MR) is 74.9 cm³/mol. The van der Waals surface area contributed by atoms with Crippen LogP contribution in [0.25, 0.3) is 0 Å². The lowest BCUT2D eigenvalue weighted by molar-refractivity contribution is -0.150. The molecule has 1 fully saturated rings. The minimum Gasteiger partial charge on any atom is -0.611 e. The molecular weight excluding hydrogens is 288 g/mol. The molecule has 0 saturated carbocycles. The summed E-state index contributed by atoms with van der Waals surface area (Å²) in [5, 5.41) is 0. The van der Waals surface area contributed by atoms with Gasteiger partial charge in [-0.2, -0.15) is 0 Å². The zero-order chi connectivity index (χ0) is 14.6. The fourth-order valence-electron chi connectivity index (χ4n) is 1.35. The Morgan fingerprint density at radius 3 is 1.95 bits per heavy atom. The van der Waals surface area contributed by atoms with Gasteiger partial charge in [0.1, 0.15) is 5.75 Å². The summed E-state index contributed by atoms with van der Waals surface area (Å²) in [5.74, 6) is -0.472. The summed E-state index contributed by atoms with van der Waals surface area (Å²) in [6, 6.07) is 0. The Balaban J connectivity index is 3.04. The van der Waals surface area contributed by atoms with E-state index in [9.17, 15) is 14.1 Å². The zero-order valence-electron chi connectivity index (χ0n) is 11.4. The lowest BCUT2D eigenvalue weighted by atomic mass is 10.3. The van der Waals surface area contributed by atoms with Crippen LogP contribution in [0, 0.1) is 0 Å². The standard InChI is InChI=1S/C12H18O5S2/c1-7(2)16-10(13)9(11(14)17-8(3)4)12-18-5-6-19(12)15/h7-8H,5-6H2,1-4H3. The van der Waals surface area contributed by atoms with E-state index in [2.05, 4.69) is 0 Å². The van der Waals surface area contributed by atoms with Gasteiger partial charge in [0.05, 0.1) is 12.2 Å². The topological polar surface area (TPSA) is 75.7 Å². The molecule has 1 atom stereocenters. The maximum absolute atomic E-state index is 12.0. The van der Waals surface area contributed by atoms with Gasteiger partial charge in [0.25, 0.3) is 0 Å². The maximum Gasteiger partial charge on any atom is 0.351 e. The molecule has 5 nitrogen and oxygen atoms in total. The Bertz CT molecular complexity index is 366. The summed E-state index contributed by atoms with van der Waals surface area (Å²) in [6.45, 7) is 6.75. The van der Waals surface area contributed by atoms with Crippen LogP contribution >= 0.6 is 11.8 Å². The largest absolute Gasteiger partial charge is 0.611 e. The van der Waals surface area contributed by atoms with Crippen LogP contribution in [0.5, 0.6) is 0 Å². The molecule has 108 valence electrons. The number of rotatable bonds is 4. The SMILES string of the molecule is CC(C)OC(=O)C(C(=O)OC(C)C)=C1SCC[S+]1[O-]. The normalized spacial score (nSPS) is 18.9. The van der Waals surface area contributed by atoms with Crippen molar-refractivity contribution in [2.24, 2.45) is 0 Å². The second-order valence-corrected chi connectivity index (χ2v) is 7.34. The van der Waals surface area contributed by atoms with Crippen molar-refractivity contribution in [1.29, 1.82) is 0 Å². The number of ether oxygens (including phenoxy) is 2. The molecule has 1 saturated heterocycles. The minimum absolute atomic E-state index is 0.219. The van der Waals surface area contributed by atoms with Gasteiger partial charge in [-0.25, -0.2) is 9.59 Å². The zero-order valence-corrected chi connectivity index (χ0v) is 13.1. The van der Waals surface area contributed by atoms with Crippen molar-refractivity contribution >= 4 is 34.9 Å². The molecule has 1 unspecified atom stereocenters. The molecule has 1 rings (SSSR count). The van der Waals surface area contributed by atoms with E-state index in [0.29, 0.717) is 11.5 Å². The van der Waals surface area contributed by atoms with E-state index < -0.39 is 23.1 Å².